The lowest BCUT2D eigenvalue weighted by atomic mass is 10.0. The van der Waals surface area contributed by atoms with Gasteiger partial charge >= 0.3 is 11.9 Å². The summed E-state index contributed by atoms with van der Waals surface area (Å²) in [4.78, 5) is 26.4. The van der Waals surface area contributed by atoms with Crippen molar-refractivity contribution in [2.45, 2.75) is 26.0 Å². The average Bonchev–Trinajstić information content (AvgIpc) is 2.50. The molecule has 0 radical (unpaired) electrons. The van der Waals surface area contributed by atoms with Crippen LogP contribution in [-0.2, 0) is 19.1 Å². The van der Waals surface area contributed by atoms with Crippen molar-refractivity contribution in [1.29, 1.82) is 0 Å². The summed E-state index contributed by atoms with van der Waals surface area (Å²) < 4.78 is 9.80. The highest BCUT2D eigenvalue weighted by molar-refractivity contribution is 5.81. The molecule has 1 aromatic rings. The predicted molar refractivity (Wildman–Crippen MR) is 75.1 cm³/mol. The average molecular weight is 291 g/mol. The van der Waals surface area contributed by atoms with Gasteiger partial charge in [-0.25, -0.2) is 4.79 Å². The molecule has 7 nitrogen and oxygen atoms in total. The van der Waals surface area contributed by atoms with Gasteiger partial charge in [0.1, 0.15) is 6.04 Å². The van der Waals surface area contributed by atoms with E-state index >= 15 is 0 Å². The Bertz CT molecular complexity index is 538. The summed E-state index contributed by atoms with van der Waals surface area (Å²) in [5.41, 5.74) is 9.27. The van der Waals surface area contributed by atoms with Crippen LogP contribution < -0.4 is 0 Å². The van der Waals surface area contributed by atoms with E-state index < -0.39 is 30.0 Å². The molecule has 21 heavy (non-hydrogen) atoms. The van der Waals surface area contributed by atoms with Crippen LogP contribution in [0.25, 0.3) is 10.4 Å². The Labute approximate surface area is 122 Å². The fraction of sp³-hybridized carbons (Fsp3) is 0.429. The van der Waals surface area contributed by atoms with E-state index in [0.717, 1.165) is 0 Å². The second-order valence-corrected chi connectivity index (χ2v) is 4.60. The standard InChI is InChI=1S/C14H17N3O4/c1-9(2)13(18)21-12(14(19)20-3)11(16-17-15)10-7-5-4-6-8-10/h4-9,11-12H,1-3H3/t11-,12-/m1/s1. The summed E-state index contributed by atoms with van der Waals surface area (Å²) in [6.07, 6.45) is -1.32. The van der Waals surface area contributed by atoms with E-state index in [-0.39, 0.29) is 0 Å². The number of hydrogen-bond acceptors (Lipinski definition) is 5. The van der Waals surface area contributed by atoms with Crippen molar-refractivity contribution in [2.75, 3.05) is 7.11 Å². The van der Waals surface area contributed by atoms with Crippen molar-refractivity contribution in [3.05, 3.63) is 46.3 Å². The van der Waals surface area contributed by atoms with E-state index in [1.807, 2.05) is 0 Å². The van der Waals surface area contributed by atoms with Gasteiger partial charge in [0.2, 0.25) is 6.10 Å². The molecule has 1 rings (SSSR count). The highest BCUT2D eigenvalue weighted by atomic mass is 16.6. The summed E-state index contributed by atoms with van der Waals surface area (Å²) in [6, 6.07) is 7.62. The van der Waals surface area contributed by atoms with Crippen molar-refractivity contribution in [3.8, 4) is 0 Å². The van der Waals surface area contributed by atoms with Gasteiger partial charge in [-0.2, -0.15) is 0 Å². The van der Waals surface area contributed by atoms with Crippen LogP contribution in [-0.4, -0.2) is 25.2 Å². The van der Waals surface area contributed by atoms with Crippen LogP contribution in [0.1, 0.15) is 25.5 Å². The van der Waals surface area contributed by atoms with Crippen molar-refractivity contribution < 1.29 is 19.1 Å². The van der Waals surface area contributed by atoms with Crippen molar-refractivity contribution in [3.63, 3.8) is 0 Å². The maximum atomic E-state index is 11.9. The van der Waals surface area contributed by atoms with E-state index in [0.29, 0.717) is 5.56 Å². The molecule has 0 amide bonds. The molecule has 0 aromatic heterocycles. The van der Waals surface area contributed by atoms with Crippen molar-refractivity contribution >= 4 is 11.9 Å². The lowest BCUT2D eigenvalue weighted by Gasteiger charge is -2.22. The number of rotatable bonds is 6. The second-order valence-electron chi connectivity index (χ2n) is 4.60. The van der Waals surface area contributed by atoms with Gasteiger partial charge in [0.15, 0.2) is 0 Å². The molecule has 0 heterocycles. The molecular formula is C14H17N3O4. The largest absolute Gasteiger partial charge is 0.466 e. The molecule has 2 atom stereocenters. The van der Waals surface area contributed by atoms with Crippen LogP contribution in [0, 0.1) is 5.92 Å². The Morgan fingerprint density at radius 3 is 2.29 bits per heavy atom. The molecular weight excluding hydrogens is 274 g/mol. The summed E-state index contributed by atoms with van der Waals surface area (Å²) in [6.45, 7) is 3.28. The smallest absolute Gasteiger partial charge is 0.347 e. The third-order valence-corrected chi connectivity index (χ3v) is 2.75. The van der Waals surface area contributed by atoms with Gasteiger partial charge in [-0.05, 0) is 11.1 Å². The molecule has 0 aliphatic carbocycles. The van der Waals surface area contributed by atoms with Gasteiger partial charge in [-0.15, -0.1) is 0 Å². The summed E-state index contributed by atoms with van der Waals surface area (Å²) in [5, 5.41) is 3.58. The first kappa shape index (κ1) is 16.5. The number of benzene rings is 1. The highest BCUT2D eigenvalue weighted by Gasteiger charge is 2.34. The normalized spacial score (nSPS) is 13.0. The van der Waals surface area contributed by atoms with E-state index in [4.69, 9.17) is 10.3 Å². The quantitative estimate of drug-likeness (QED) is 0.348. The zero-order chi connectivity index (χ0) is 15.8. The minimum absolute atomic E-state index is 0.417. The first-order valence-electron chi connectivity index (χ1n) is 6.38. The Hall–Kier alpha value is -2.53. The van der Waals surface area contributed by atoms with Crippen LogP contribution >= 0.6 is 0 Å². The van der Waals surface area contributed by atoms with Gasteiger partial charge < -0.3 is 9.47 Å². The number of esters is 2. The van der Waals surface area contributed by atoms with E-state index in [2.05, 4.69) is 14.8 Å². The Morgan fingerprint density at radius 2 is 1.81 bits per heavy atom. The minimum Gasteiger partial charge on any atom is -0.466 e. The van der Waals surface area contributed by atoms with Gasteiger partial charge in [-0.3, -0.25) is 4.79 Å². The lowest BCUT2D eigenvalue weighted by molar-refractivity contribution is -0.169. The molecule has 7 heteroatoms. The number of carbonyl (C=O) groups is 2. The third kappa shape index (κ3) is 4.50. The number of methoxy groups -OCH3 is 1. The highest BCUT2D eigenvalue weighted by Crippen LogP contribution is 2.25. The van der Waals surface area contributed by atoms with E-state index in [1.165, 1.54) is 7.11 Å². The van der Waals surface area contributed by atoms with Crippen LogP contribution in [0.5, 0.6) is 0 Å². The molecule has 0 unspecified atom stereocenters. The van der Waals surface area contributed by atoms with Gasteiger partial charge in [-0.1, -0.05) is 49.3 Å². The molecule has 0 saturated heterocycles. The molecule has 0 bridgehead atoms. The fourth-order valence-electron chi connectivity index (χ4n) is 1.63. The number of hydrogen-bond donors (Lipinski definition) is 0. The molecule has 0 spiro atoms. The number of ether oxygens (including phenoxy) is 2. The minimum atomic E-state index is -1.32. The Balaban J connectivity index is 3.16. The molecule has 0 fully saturated rings. The number of carbonyl (C=O) groups excluding carboxylic acids is 2. The van der Waals surface area contributed by atoms with Crippen LogP contribution in [0.3, 0.4) is 0 Å². The third-order valence-electron chi connectivity index (χ3n) is 2.75. The lowest BCUT2D eigenvalue weighted by Crippen LogP contribution is -2.34. The second kappa shape index (κ2) is 7.91. The van der Waals surface area contributed by atoms with Crippen LogP contribution in [0.4, 0.5) is 0 Å². The van der Waals surface area contributed by atoms with Crippen LogP contribution in [0.2, 0.25) is 0 Å². The zero-order valence-electron chi connectivity index (χ0n) is 12.1. The van der Waals surface area contributed by atoms with Gasteiger partial charge in [0.05, 0.1) is 13.0 Å². The van der Waals surface area contributed by atoms with Crippen molar-refractivity contribution in [2.24, 2.45) is 11.0 Å². The maximum Gasteiger partial charge on any atom is 0.347 e. The topological polar surface area (TPSA) is 101 Å². The SMILES string of the molecule is COC(=O)[C@H](OC(=O)C(C)C)[C@H](N=[N+]=[N-])c1ccccc1. The molecule has 0 saturated carbocycles. The molecule has 0 N–H and O–H groups in total. The van der Waals surface area contributed by atoms with Gasteiger partial charge in [0, 0.05) is 4.91 Å². The number of nitrogens with zero attached hydrogens (tertiary/aromatic N) is 3. The number of azide groups is 1. The predicted octanol–water partition coefficient (Wildman–Crippen LogP) is 2.78. The molecule has 0 aliphatic rings. The van der Waals surface area contributed by atoms with Gasteiger partial charge in [0.25, 0.3) is 0 Å². The monoisotopic (exact) mass is 291 g/mol. The molecule has 1 aromatic carbocycles. The maximum absolute atomic E-state index is 11.9. The molecule has 0 aliphatic heterocycles. The summed E-state index contributed by atoms with van der Waals surface area (Å²) >= 11 is 0. The molecule has 112 valence electrons. The first-order chi connectivity index (χ1) is 10.0. The fourth-order valence-corrected chi connectivity index (χ4v) is 1.63. The Morgan fingerprint density at radius 1 is 1.19 bits per heavy atom. The van der Waals surface area contributed by atoms with Crippen molar-refractivity contribution in [1.82, 2.24) is 0 Å². The first-order valence-corrected chi connectivity index (χ1v) is 6.38. The van der Waals surface area contributed by atoms with E-state index in [9.17, 15) is 9.59 Å². The summed E-state index contributed by atoms with van der Waals surface area (Å²) in [5.74, 6) is -1.76. The summed E-state index contributed by atoms with van der Waals surface area (Å²) in [7, 11) is 1.18. The van der Waals surface area contributed by atoms with E-state index in [1.54, 1.807) is 44.2 Å². The van der Waals surface area contributed by atoms with Crippen LogP contribution in [0.15, 0.2) is 35.4 Å². The zero-order valence-corrected chi connectivity index (χ0v) is 12.1. The Kier molecular flexibility index (Phi) is 6.23.